The third-order valence-electron chi connectivity index (χ3n) is 4.24. The van der Waals surface area contributed by atoms with Crippen molar-refractivity contribution in [1.82, 2.24) is 9.55 Å². The van der Waals surface area contributed by atoms with Gasteiger partial charge in [0.05, 0.1) is 24.8 Å². The van der Waals surface area contributed by atoms with Crippen molar-refractivity contribution in [3.05, 3.63) is 66.5 Å². The molecule has 4 heteroatoms. The largest absolute Gasteiger partial charge is 0.493 e. The SMILES string of the molecule is C=CCc1ccc(OCCCn2c(C)nc3ccccc32)c(OC)c1. The van der Waals surface area contributed by atoms with Crippen molar-refractivity contribution in [2.24, 2.45) is 0 Å². The Morgan fingerprint density at radius 2 is 2.00 bits per heavy atom. The van der Waals surface area contributed by atoms with Crippen LogP contribution in [0.3, 0.4) is 0 Å². The first-order valence-corrected chi connectivity index (χ1v) is 8.55. The Morgan fingerprint density at radius 1 is 1.16 bits per heavy atom. The van der Waals surface area contributed by atoms with Crippen LogP contribution in [0.25, 0.3) is 11.0 Å². The van der Waals surface area contributed by atoms with E-state index in [0.29, 0.717) is 6.61 Å². The minimum Gasteiger partial charge on any atom is -0.493 e. The maximum Gasteiger partial charge on any atom is 0.161 e. The van der Waals surface area contributed by atoms with Gasteiger partial charge in [-0.25, -0.2) is 4.98 Å². The Bertz CT molecular complexity index is 867. The summed E-state index contributed by atoms with van der Waals surface area (Å²) < 4.78 is 13.6. The number of allylic oxidation sites excluding steroid dienone is 1. The molecule has 0 fully saturated rings. The van der Waals surface area contributed by atoms with Crippen LogP contribution in [0.4, 0.5) is 0 Å². The van der Waals surface area contributed by atoms with Crippen LogP contribution in [0.5, 0.6) is 11.5 Å². The predicted molar refractivity (Wildman–Crippen MR) is 101 cm³/mol. The van der Waals surface area contributed by atoms with Gasteiger partial charge in [0.2, 0.25) is 0 Å². The van der Waals surface area contributed by atoms with Gasteiger partial charge in [0.25, 0.3) is 0 Å². The van der Waals surface area contributed by atoms with Gasteiger partial charge in [-0.3, -0.25) is 0 Å². The lowest BCUT2D eigenvalue weighted by Crippen LogP contribution is -2.06. The second-order valence-electron chi connectivity index (χ2n) is 5.98. The zero-order valence-electron chi connectivity index (χ0n) is 14.9. The summed E-state index contributed by atoms with van der Waals surface area (Å²) in [6, 6.07) is 14.2. The molecule has 0 spiro atoms. The van der Waals surface area contributed by atoms with Gasteiger partial charge in [0.15, 0.2) is 11.5 Å². The Hall–Kier alpha value is -2.75. The number of ether oxygens (including phenoxy) is 2. The highest BCUT2D eigenvalue weighted by atomic mass is 16.5. The van der Waals surface area contributed by atoms with E-state index in [2.05, 4.69) is 22.2 Å². The van der Waals surface area contributed by atoms with E-state index in [-0.39, 0.29) is 0 Å². The number of fused-ring (bicyclic) bond motifs is 1. The molecular weight excluding hydrogens is 312 g/mol. The monoisotopic (exact) mass is 336 g/mol. The topological polar surface area (TPSA) is 36.3 Å². The van der Waals surface area contributed by atoms with E-state index in [4.69, 9.17) is 9.47 Å². The lowest BCUT2D eigenvalue weighted by atomic mass is 10.1. The van der Waals surface area contributed by atoms with E-state index in [1.165, 1.54) is 11.1 Å². The fraction of sp³-hybridized carbons (Fsp3) is 0.286. The molecule has 0 aliphatic rings. The molecule has 0 saturated heterocycles. The number of aromatic nitrogens is 2. The molecule has 0 aliphatic carbocycles. The van der Waals surface area contributed by atoms with E-state index in [1.807, 2.05) is 49.4 Å². The molecule has 3 rings (SSSR count). The van der Waals surface area contributed by atoms with Crippen LogP contribution in [0.1, 0.15) is 17.8 Å². The molecule has 0 aliphatic heterocycles. The highest BCUT2D eigenvalue weighted by molar-refractivity contribution is 5.75. The maximum absolute atomic E-state index is 5.93. The van der Waals surface area contributed by atoms with Crippen LogP contribution in [-0.4, -0.2) is 23.3 Å². The third kappa shape index (κ3) is 3.85. The van der Waals surface area contributed by atoms with E-state index < -0.39 is 0 Å². The Morgan fingerprint density at radius 3 is 2.80 bits per heavy atom. The average molecular weight is 336 g/mol. The Kier molecular flexibility index (Phi) is 5.39. The van der Waals surface area contributed by atoms with E-state index >= 15 is 0 Å². The van der Waals surface area contributed by atoms with Crippen LogP contribution in [0.15, 0.2) is 55.1 Å². The van der Waals surface area contributed by atoms with E-state index in [0.717, 1.165) is 42.2 Å². The van der Waals surface area contributed by atoms with Crippen LogP contribution < -0.4 is 9.47 Å². The highest BCUT2D eigenvalue weighted by Gasteiger charge is 2.08. The summed E-state index contributed by atoms with van der Waals surface area (Å²) in [4.78, 5) is 4.60. The van der Waals surface area contributed by atoms with Crippen LogP contribution >= 0.6 is 0 Å². The lowest BCUT2D eigenvalue weighted by Gasteiger charge is -2.12. The molecule has 1 aromatic heterocycles. The van der Waals surface area contributed by atoms with Crippen molar-refractivity contribution in [1.29, 1.82) is 0 Å². The van der Waals surface area contributed by atoms with Crippen molar-refractivity contribution >= 4 is 11.0 Å². The first kappa shape index (κ1) is 17.1. The molecule has 0 amide bonds. The van der Waals surface area contributed by atoms with Gasteiger partial charge in [0.1, 0.15) is 5.82 Å². The summed E-state index contributed by atoms with van der Waals surface area (Å²) >= 11 is 0. The van der Waals surface area contributed by atoms with Gasteiger partial charge in [-0.05, 0) is 49.6 Å². The number of para-hydroxylation sites is 2. The minimum absolute atomic E-state index is 0.628. The fourth-order valence-electron chi connectivity index (χ4n) is 3.01. The molecule has 4 nitrogen and oxygen atoms in total. The normalized spacial score (nSPS) is 10.8. The van der Waals surface area contributed by atoms with Crippen LogP contribution in [0.2, 0.25) is 0 Å². The van der Waals surface area contributed by atoms with Gasteiger partial charge in [-0.2, -0.15) is 0 Å². The number of rotatable bonds is 8. The summed E-state index contributed by atoms with van der Waals surface area (Å²) in [5.74, 6) is 2.58. The smallest absolute Gasteiger partial charge is 0.161 e. The second-order valence-corrected chi connectivity index (χ2v) is 5.98. The highest BCUT2D eigenvalue weighted by Crippen LogP contribution is 2.28. The standard InChI is InChI=1S/C21H24N2O2/c1-4-8-17-11-12-20(21(15-17)24-3)25-14-7-13-23-16(2)22-18-9-5-6-10-19(18)23/h4-6,9-12,15H,1,7-8,13-14H2,2-3H3. The van der Waals surface area contributed by atoms with Gasteiger partial charge >= 0.3 is 0 Å². The number of nitrogens with zero attached hydrogens (tertiary/aromatic N) is 2. The van der Waals surface area contributed by atoms with Gasteiger partial charge in [-0.15, -0.1) is 6.58 Å². The summed E-state index contributed by atoms with van der Waals surface area (Å²) in [6.45, 7) is 7.32. The number of methoxy groups -OCH3 is 1. The van der Waals surface area contributed by atoms with E-state index in [9.17, 15) is 0 Å². The first-order chi connectivity index (χ1) is 12.2. The zero-order chi connectivity index (χ0) is 17.6. The number of hydrogen-bond donors (Lipinski definition) is 0. The molecule has 130 valence electrons. The van der Waals surface area contributed by atoms with Crippen molar-refractivity contribution in [3.8, 4) is 11.5 Å². The molecular formula is C21H24N2O2. The molecule has 1 heterocycles. The number of benzene rings is 2. The lowest BCUT2D eigenvalue weighted by molar-refractivity contribution is 0.282. The zero-order valence-corrected chi connectivity index (χ0v) is 14.9. The predicted octanol–water partition coefficient (Wildman–Crippen LogP) is 4.55. The van der Waals surface area contributed by atoms with Gasteiger partial charge < -0.3 is 14.0 Å². The molecule has 0 N–H and O–H groups in total. The molecule has 0 saturated carbocycles. The van der Waals surface area contributed by atoms with E-state index in [1.54, 1.807) is 7.11 Å². The molecule has 0 radical (unpaired) electrons. The molecule has 3 aromatic rings. The third-order valence-corrected chi connectivity index (χ3v) is 4.24. The number of aryl methyl sites for hydroxylation is 2. The van der Waals surface area contributed by atoms with Gasteiger partial charge in [-0.1, -0.05) is 24.3 Å². The number of imidazole rings is 1. The molecule has 2 aromatic carbocycles. The second kappa shape index (κ2) is 7.88. The van der Waals surface area contributed by atoms with Crippen LogP contribution in [0, 0.1) is 6.92 Å². The van der Waals surface area contributed by atoms with Crippen molar-refractivity contribution in [2.75, 3.05) is 13.7 Å². The van der Waals surface area contributed by atoms with Crippen molar-refractivity contribution < 1.29 is 9.47 Å². The minimum atomic E-state index is 0.628. The van der Waals surface area contributed by atoms with Crippen molar-refractivity contribution in [2.45, 2.75) is 26.3 Å². The first-order valence-electron chi connectivity index (χ1n) is 8.55. The molecule has 0 unspecified atom stereocenters. The van der Waals surface area contributed by atoms with Crippen molar-refractivity contribution in [3.63, 3.8) is 0 Å². The summed E-state index contributed by atoms with van der Waals surface area (Å²) in [5, 5.41) is 0. The molecule has 0 atom stereocenters. The van der Waals surface area contributed by atoms with Gasteiger partial charge in [0, 0.05) is 6.54 Å². The maximum atomic E-state index is 5.93. The van der Waals surface area contributed by atoms with Crippen LogP contribution in [-0.2, 0) is 13.0 Å². The molecule has 25 heavy (non-hydrogen) atoms. The summed E-state index contributed by atoms with van der Waals surface area (Å²) in [7, 11) is 1.67. The summed E-state index contributed by atoms with van der Waals surface area (Å²) in [6.07, 6.45) is 3.61. The Labute approximate surface area is 148 Å². The summed E-state index contributed by atoms with van der Waals surface area (Å²) in [5.41, 5.74) is 3.38. The fourth-order valence-corrected chi connectivity index (χ4v) is 3.01. The average Bonchev–Trinajstić information content (AvgIpc) is 2.95. The number of hydrogen-bond acceptors (Lipinski definition) is 3. The molecule has 0 bridgehead atoms. The quantitative estimate of drug-likeness (QED) is 0.447. The Balaban J connectivity index is 1.61.